The predicted octanol–water partition coefficient (Wildman–Crippen LogP) is 2.35. The number of amides is 1. The molecule has 3 aromatic rings. The summed E-state index contributed by atoms with van der Waals surface area (Å²) >= 11 is 0. The average molecular weight is 288 g/mol. The van der Waals surface area contributed by atoms with Crippen molar-refractivity contribution < 1.29 is 13.6 Å². The first kappa shape index (κ1) is 13.2. The predicted molar refractivity (Wildman–Crippen MR) is 72.5 cm³/mol. The van der Waals surface area contributed by atoms with E-state index in [9.17, 15) is 13.6 Å². The van der Waals surface area contributed by atoms with Gasteiger partial charge in [0.1, 0.15) is 23.7 Å². The summed E-state index contributed by atoms with van der Waals surface area (Å²) in [6.45, 7) is -0.0986. The molecule has 0 saturated carbocycles. The van der Waals surface area contributed by atoms with E-state index in [4.69, 9.17) is 0 Å². The van der Waals surface area contributed by atoms with Crippen LogP contribution in [0.3, 0.4) is 0 Å². The number of nitrogens with zero attached hydrogens (tertiary/aromatic N) is 3. The molecule has 0 atom stereocenters. The monoisotopic (exact) mass is 288 g/mol. The maximum absolute atomic E-state index is 13.0. The highest BCUT2D eigenvalue weighted by Crippen LogP contribution is 2.14. The lowest BCUT2D eigenvalue weighted by Crippen LogP contribution is -2.19. The lowest BCUT2D eigenvalue weighted by molar-refractivity contribution is -0.116. The zero-order valence-electron chi connectivity index (χ0n) is 10.8. The molecule has 0 aliphatic carbocycles. The second-order valence-electron chi connectivity index (χ2n) is 4.44. The summed E-state index contributed by atoms with van der Waals surface area (Å²) in [5.41, 5.74) is 1.43. The number of benzene rings is 2. The van der Waals surface area contributed by atoms with E-state index in [0.29, 0.717) is 11.0 Å². The highest BCUT2D eigenvalue weighted by atomic mass is 19.1. The van der Waals surface area contributed by atoms with Gasteiger partial charge in [0.15, 0.2) is 0 Å². The van der Waals surface area contributed by atoms with Crippen LogP contribution in [0.1, 0.15) is 0 Å². The number of carbonyl (C=O) groups is 1. The van der Waals surface area contributed by atoms with E-state index in [1.54, 1.807) is 12.1 Å². The third-order valence-corrected chi connectivity index (χ3v) is 2.86. The largest absolute Gasteiger partial charge is 0.324 e. The third kappa shape index (κ3) is 2.86. The summed E-state index contributed by atoms with van der Waals surface area (Å²) in [7, 11) is 0. The molecule has 106 valence electrons. The first-order valence-electron chi connectivity index (χ1n) is 6.16. The van der Waals surface area contributed by atoms with Gasteiger partial charge < -0.3 is 5.32 Å². The van der Waals surface area contributed by atoms with Gasteiger partial charge in [-0.1, -0.05) is 17.3 Å². The standard InChI is InChI=1S/C14H10F2N4O/c15-9-5-10(16)7-11(6-9)17-14(21)8-20-13-4-2-1-3-12(13)18-19-20/h1-7H,8H2,(H,17,21). The Bertz CT molecular complexity index is 795. The van der Waals surface area contributed by atoms with Gasteiger partial charge in [0.05, 0.1) is 5.52 Å². The van der Waals surface area contributed by atoms with Crippen LogP contribution in [0.4, 0.5) is 14.5 Å². The van der Waals surface area contributed by atoms with E-state index in [2.05, 4.69) is 15.6 Å². The van der Waals surface area contributed by atoms with Gasteiger partial charge in [0, 0.05) is 11.8 Å². The molecule has 7 heteroatoms. The number of nitrogens with one attached hydrogen (secondary N) is 1. The van der Waals surface area contributed by atoms with Crippen LogP contribution in [0, 0.1) is 11.6 Å². The number of hydrogen-bond acceptors (Lipinski definition) is 3. The number of anilines is 1. The lowest BCUT2D eigenvalue weighted by Gasteiger charge is -2.06. The van der Waals surface area contributed by atoms with Crippen molar-refractivity contribution in [3.63, 3.8) is 0 Å². The number of rotatable bonds is 3. The Kier molecular flexibility index (Phi) is 3.31. The van der Waals surface area contributed by atoms with Crippen molar-refractivity contribution in [2.24, 2.45) is 0 Å². The molecule has 0 aliphatic rings. The van der Waals surface area contributed by atoms with Crippen LogP contribution >= 0.6 is 0 Å². The summed E-state index contributed by atoms with van der Waals surface area (Å²) < 4.78 is 27.5. The van der Waals surface area contributed by atoms with Crippen LogP contribution in [0.2, 0.25) is 0 Å². The van der Waals surface area contributed by atoms with Crippen molar-refractivity contribution in [2.75, 3.05) is 5.32 Å². The quantitative estimate of drug-likeness (QED) is 0.804. The smallest absolute Gasteiger partial charge is 0.246 e. The number of halogens is 2. The molecule has 0 spiro atoms. The molecule has 0 fully saturated rings. The van der Waals surface area contributed by atoms with E-state index in [0.717, 1.165) is 18.2 Å². The molecular weight excluding hydrogens is 278 g/mol. The van der Waals surface area contributed by atoms with E-state index in [1.165, 1.54) is 4.68 Å². The summed E-state index contributed by atoms with van der Waals surface area (Å²) in [6, 6.07) is 10.0. The van der Waals surface area contributed by atoms with Crippen LogP contribution in [0.25, 0.3) is 11.0 Å². The first-order valence-corrected chi connectivity index (χ1v) is 6.16. The summed E-state index contributed by atoms with van der Waals surface area (Å²) in [6.07, 6.45) is 0. The van der Waals surface area contributed by atoms with Gasteiger partial charge in [0.25, 0.3) is 0 Å². The van der Waals surface area contributed by atoms with Gasteiger partial charge in [-0.2, -0.15) is 0 Å². The minimum atomic E-state index is -0.753. The molecule has 5 nitrogen and oxygen atoms in total. The van der Waals surface area contributed by atoms with Crippen molar-refractivity contribution >= 4 is 22.6 Å². The Balaban J connectivity index is 1.77. The van der Waals surface area contributed by atoms with Gasteiger partial charge in [0.2, 0.25) is 5.91 Å². The Morgan fingerprint density at radius 3 is 2.62 bits per heavy atom. The molecule has 1 N–H and O–H groups in total. The molecule has 3 rings (SSSR count). The molecule has 0 aliphatic heterocycles. The van der Waals surface area contributed by atoms with Gasteiger partial charge in [-0.15, -0.1) is 5.10 Å². The van der Waals surface area contributed by atoms with Gasteiger partial charge >= 0.3 is 0 Å². The Hall–Kier alpha value is -2.83. The molecule has 1 heterocycles. The fourth-order valence-electron chi connectivity index (χ4n) is 2.00. The van der Waals surface area contributed by atoms with Crippen molar-refractivity contribution in [2.45, 2.75) is 6.54 Å². The fraction of sp³-hybridized carbons (Fsp3) is 0.0714. The molecular formula is C14H10F2N4O. The van der Waals surface area contributed by atoms with Crippen LogP contribution in [0.5, 0.6) is 0 Å². The van der Waals surface area contributed by atoms with E-state index < -0.39 is 17.5 Å². The van der Waals surface area contributed by atoms with Crippen molar-refractivity contribution in [3.05, 3.63) is 54.1 Å². The summed E-state index contributed by atoms with van der Waals surface area (Å²) in [5.74, 6) is -1.95. The van der Waals surface area contributed by atoms with Crippen molar-refractivity contribution in [3.8, 4) is 0 Å². The molecule has 2 aromatic carbocycles. The molecule has 1 aromatic heterocycles. The average Bonchev–Trinajstić information content (AvgIpc) is 2.81. The molecule has 21 heavy (non-hydrogen) atoms. The van der Waals surface area contributed by atoms with E-state index in [-0.39, 0.29) is 12.2 Å². The number of carbonyl (C=O) groups excluding carboxylic acids is 1. The summed E-state index contributed by atoms with van der Waals surface area (Å²) in [5, 5.41) is 10.2. The first-order chi connectivity index (χ1) is 10.1. The third-order valence-electron chi connectivity index (χ3n) is 2.86. The molecule has 0 radical (unpaired) electrons. The SMILES string of the molecule is O=C(Cn1nnc2ccccc21)Nc1cc(F)cc(F)c1. The molecule has 1 amide bonds. The molecule has 0 saturated heterocycles. The second kappa shape index (κ2) is 5.28. The lowest BCUT2D eigenvalue weighted by atomic mass is 10.3. The Labute approximate surface area is 118 Å². The number of para-hydroxylation sites is 1. The van der Waals surface area contributed by atoms with E-state index in [1.807, 2.05) is 12.1 Å². The molecule has 0 bridgehead atoms. The number of hydrogen-bond donors (Lipinski definition) is 1. The van der Waals surface area contributed by atoms with Gasteiger partial charge in [-0.3, -0.25) is 4.79 Å². The zero-order valence-corrected chi connectivity index (χ0v) is 10.8. The maximum Gasteiger partial charge on any atom is 0.246 e. The van der Waals surface area contributed by atoms with Crippen LogP contribution in [-0.2, 0) is 11.3 Å². The van der Waals surface area contributed by atoms with Gasteiger partial charge in [-0.25, -0.2) is 13.5 Å². The normalized spacial score (nSPS) is 10.8. The van der Waals surface area contributed by atoms with Crippen LogP contribution in [-0.4, -0.2) is 20.9 Å². The topological polar surface area (TPSA) is 59.8 Å². The zero-order chi connectivity index (χ0) is 14.8. The summed E-state index contributed by atoms with van der Waals surface area (Å²) in [4.78, 5) is 11.9. The minimum absolute atomic E-state index is 0.0573. The van der Waals surface area contributed by atoms with Crippen molar-refractivity contribution in [1.82, 2.24) is 15.0 Å². The highest BCUT2D eigenvalue weighted by molar-refractivity contribution is 5.91. The minimum Gasteiger partial charge on any atom is -0.324 e. The Morgan fingerprint density at radius 1 is 1.14 bits per heavy atom. The molecule has 0 unspecified atom stereocenters. The van der Waals surface area contributed by atoms with E-state index >= 15 is 0 Å². The number of fused-ring (bicyclic) bond motifs is 1. The van der Waals surface area contributed by atoms with Crippen LogP contribution in [0.15, 0.2) is 42.5 Å². The number of aromatic nitrogens is 3. The maximum atomic E-state index is 13.0. The Morgan fingerprint density at radius 2 is 1.86 bits per heavy atom. The fourth-order valence-corrected chi connectivity index (χ4v) is 2.00. The highest BCUT2D eigenvalue weighted by Gasteiger charge is 2.10. The van der Waals surface area contributed by atoms with Crippen LogP contribution < -0.4 is 5.32 Å². The van der Waals surface area contributed by atoms with Crippen molar-refractivity contribution in [1.29, 1.82) is 0 Å². The van der Waals surface area contributed by atoms with Gasteiger partial charge in [-0.05, 0) is 24.3 Å². The second-order valence-corrected chi connectivity index (χ2v) is 4.44.